The number of ether oxygens (including phenoxy) is 3. The summed E-state index contributed by atoms with van der Waals surface area (Å²) in [5.41, 5.74) is 7.22. The fraction of sp³-hybridized carbons (Fsp3) is 0.600. The van der Waals surface area contributed by atoms with E-state index >= 15 is 0 Å². The molecular weight excluding hydrogens is 242 g/mol. The minimum absolute atomic E-state index is 0.0294. The van der Waals surface area contributed by atoms with Crippen LogP contribution >= 0.6 is 0 Å². The van der Waals surface area contributed by atoms with Crippen LogP contribution in [0.15, 0.2) is 24.3 Å². The molecule has 0 radical (unpaired) electrons. The largest absolute Gasteiger partial charge is 0.491 e. The highest BCUT2D eigenvalue weighted by atomic mass is 16.5. The van der Waals surface area contributed by atoms with E-state index in [1.165, 1.54) is 0 Å². The maximum absolute atomic E-state index is 6.14. The fourth-order valence-corrected chi connectivity index (χ4v) is 1.71. The number of nitrogens with two attached hydrogens (primary N) is 1. The third-order valence-electron chi connectivity index (χ3n) is 2.66. The maximum Gasteiger partial charge on any atom is 0.120 e. The molecule has 4 nitrogen and oxygen atoms in total. The van der Waals surface area contributed by atoms with Crippen molar-refractivity contribution in [1.29, 1.82) is 0 Å². The molecule has 1 atom stereocenters. The van der Waals surface area contributed by atoms with Gasteiger partial charge in [-0.3, -0.25) is 0 Å². The number of rotatable bonds is 9. The lowest BCUT2D eigenvalue weighted by Crippen LogP contribution is -2.14. The molecule has 4 heteroatoms. The highest BCUT2D eigenvalue weighted by Gasteiger charge is 2.07. The van der Waals surface area contributed by atoms with Gasteiger partial charge in [0, 0.05) is 19.8 Å². The topological polar surface area (TPSA) is 53.7 Å². The van der Waals surface area contributed by atoms with E-state index in [2.05, 4.69) is 0 Å². The van der Waals surface area contributed by atoms with E-state index in [1.54, 1.807) is 7.11 Å². The molecule has 0 bridgehead atoms. The number of hydrogen-bond acceptors (Lipinski definition) is 4. The molecule has 1 aromatic rings. The third-order valence-corrected chi connectivity index (χ3v) is 2.66. The Morgan fingerprint density at radius 1 is 1.16 bits per heavy atom. The zero-order valence-corrected chi connectivity index (χ0v) is 12.1. The molecular formula is C15H25NO3. The molecule has 108 valence electrons. The fourth-order valence-electron chi connectivity index (χ4n) is 1.71. The van der Waals surface area contributed by atoms with Crippen molar-refractivity contribution in [3.63, 3.8) is 0 Å². The Labute approximate surface area is 115 Å². The smallest absolute Gasteiger partial charge is 0.120 e. The summed E-state index contributed by atoms with van der Waals surface area (Å²) in [6.45, 7) is 5.89. The van der Waals surface area contributed by atoms with Crippen molar-refractivity contribution in [2.45, 2.75) is 32.4 Å². The molecule has 0 amide bonds. The van der Waals surface area contributed by atoms with Crippen LogP contribution in [0, 0.1) is 0 Å². The Bertz CT molecular complexity index is 355. The van der Waals surface area contributed by atoms with Gasteiger partial charge in [0.1, 0.15) is 5.75 Å². The average Bonchev–Trinajstić information content (AvgIpc) is 2.38. The molecule has 0 aromatic heterocycles. The van der Waals surface area contributed by atoms with Crippen LogP contribution in [0.2, 0.25) is 0 Å². The number of methoxy groups -OCH3 is 1. The van der Waals surface area contributed by atoms with Crippen molar-refractivity contribution in [2.75, 3.05) is 26.9 Å². The SMILES string of the molecule is COCCOCCC(N)c1cccc(OC(C)C)c1. The molecule has 1 aromatic carbocycles. The number of hydrogen-bond donors (Lipinski definition) is 1. The summed E-state index contributed by atoms with van der Waals surface area (Å²) in [6, 6.07) is 7.91. The Morgan fingerprint density at radius 3 is 2.63 bits per heavy atom. The summed E-state index contributed by atoms with van der Waals surface area (Å²) in [7, 11) is 1.66. The van der Waals surface area contributed by atoms with Crippen molar-refractivity contribution >= 4 is 0 Å². The second kappa shape index (κ2) is 8.91. The standard InChI is InChI=1S/C15H25NO3/c1-12(2)19-14-6-4-5-13(11-14)15(16)7-8-18-10-9-17-3/h4-6,11-12,15H,7-10,16H2,1-3H3. The van der Waals surface area contributed by atoms with Crippen LogP contribution in [0.3, 0.4) is 0 Å². The van der Waals surface area contributed by atoms with E-state index in [0.717, 1.165) is 17.7 Å². The first kappa shape index (κ1) is 16.0. The normalized spacial score (nSPS) is 12.7. The first-order chi connectivity index (χ1) is 9.13. The van der Waals surface area contributed by atoms with Crippen LogP contribution in [0.5, 0.6) is 5.75 Å². The molecule has 0 spiro atoms. The van der Waals surface area contributed by atoms with Gasteiger partial charge in [-0.15, -0.1) is 0 Å². The lowest BCUT2D eigenvalue weighted by atomic mass is 10.0. The van der Waals surface area contributed by atoms with Crippen molar-refractivity contribution in [1.82, 2.24) is 0 Å². The van der Waals surface area contributed by atoms with Gasteiger partial charge < -0.3 is 19.9 Å². The highest BCUT2D eigenvalue weighted by molar-refractivity contribution is 5.30. The van der Waals surface area contributed by atoms with E-state index < -0.39 is 0 Å². The predicted molar refractivity (Wildman–Crippen MR) is 76.4 cm³/mol. The van der Waals surface area contributed by atoms with Crippen LogP contribution < -0.4 is 10.5 Å². The molecule has 0 saturated carbocycles. The molecule has 2 N–H and O–H groups in total. The van der Waals surface area contributed by atoms with Crippen LogP contribution in [0.1, 0.15) is 31.9 Å². The second-order valence-electron chi connectivity index (χ2n) is 4.74. The summed E-state index contributed by atoms with van der Waals surface area (Å²) >= 11 is 0. The zero-order valence-electron chi connectivity index (χ0n) is 12.1. The Kier molecular flexibility index (Phi) is 7.48. The zero-order chi connectivity index (χ0) is 14.1. The molecule has 19 heavy (non-hydrogen) atoms. The molecule has 0 saturated heterocycles. The summed E-state index contributed by atoms with van der Waals surface area (Å²) in [5, 5.41) is 0. The van der Waals surface area contributed by atoms with Crippen LogP contribution in [-0.4, -0.2) is 33.0 Å². The van der Waals surface area contributed by atoms with Gasteiger partial charge in [-0.25, -0.2) is 0 Å². The van der Waals surface area contributed by atoms with Crippen molar-refractivity contribution in [3.05, 3.63) is 29.8 Å². The summed E-state index contributed by atoms with van der Waals surface area (Å²) < 4.78 is 16.0. The van der Waals surface area contributed by atoms with Gasteiger partial charge in [0.15, 0.2) is 0 Å². The summed E-state index contributed by atoms with van der Waals surface area (Å²) in [5.74, 6) is 0.864. The van der Waals surface area contributed by atoms with E-state index in [4.69, 9.17) is 19.9 Å². The van der Waals surface area contributed by atoms with Crippen LogP contribution in [0.25, 0.3) is 0 Å². The van der Waals surface area contributed by atoms with Crippen molar-refractivity contribution in [2.24, 2.45) is 5.73 Å². The molecule has 0 heterocycles. The van der Waals surface area contributed by atoms with E-state index in [1.807, 2.05) is 38.1 Å². The quantitative estimate of drug-likeness (QED) is 0.699. The first-order valence-corrected chi connectivity index (χ1v) is 6.72. The molecule has 0 fully saturated rings. The lowest BCUT2D eigenvalue weighted by molar-refractivity contribution is 0.0672. The number of benzene rings is 1. The van der Waals surface area contributed by atoms with Gasteiger partial charge in [0.25, 0.3) is 0 Å². The highest BCUT2D eigenvalue weighted by Crippen LogP contribution is 2.20. The average molecular weight is 267 g/mol. The molecule has 0 aliphatic carbocycles. The van der Waals surface area contributed by atoms with E-state index in [0.29, 0.717) is 19.8 Å². The van der Waals surface area contributed by atoms with E-state index in [-0.39, 0.29) is 12.1 Å². The minimum atomic E-state index is -0.0294. The van der Waals surface area contributed by atoms with Gasteiger partial charge in [-0.05, 0) is 38.0 Å². The van der Waals surface area contributed by atoms with Crippen molar-refractivity contribution < 1.29 is 14.2 Å². The second-order valence-corrected chi connectivity index (χ2v) is 4.74. The Hall–Kier alpha value is -1.10. The molecule has 0 aliphatic rings. The Balaban J connectivity index is 2.40. The summed E-state index contributed by atoms with van der Waals surface area (Å²) in [4.78, 5) is 0. The van der Waals surface area contributed by atoms with Crippen LogP contribution in [-0.2, 0) is 9.47 Å². The van der Waals surface area contributed by atoms with Gasteiger partial charge in [-0.2, -0.15) is 0 Å². The van der Waals surface area contributed by atoms with Gasteiger partial charge in [0.2, 0.25) is 0 Å². The predicted octanol–water partition coefficient (Wildman–Crippen LogP) is 2.53. The van der Waals surface area contributed by atoms with Gasteiger partial charge in [0.05, 0.1) is 19.3 Å². The molecule has 1 rings (SSSR count). The Morgan fingerprint density at radius 2 is 1.95 bits per heavy atom. The third kappa shape index (κ3) is 6.57. The first-order valence-electron chi connectivity index (χ1n) is 6.72. The van der Waals surface area contributed by atoms with Gasteiger partial charge >= 0.3 is 0 Å². The monoisotopic (exact) mass is 267 g/mol. The maximum atomic E-state index is 6.14. The molecule has 1 unspecified atom stereocenters. The molecule has 0 aliphatic heterocycles. The van der Waals surface area contributed by atoms with Crippen LogP contribution in [0.4, 0.5) is 0 Å². The lowest BCUT2D eigenvalue weighted by Gasteiger charge is -2.15. The minimum Gasteiger partial charge on any atom is -0.491 e. The summed E-state index contributed by atoms with van der Waals surface area (Å²) in [6.07, 6.45) is 0.957. The van der Waals surface area contributed by atoms with E-state index in [9.17, 15) is 0 Å². The van der Waals surface area contributed by atoms with Gasteiger partial charge in [-0.1, -0.05) is 12.1 Å². The van der Waals surface area contributed by atoms with Crippen molar-refractivity contribution in [3.8, 4) is 5.75 Å².